The van der Waals surface area contributed by atoms with Gasteiger partial charge in [0.15, 0.2) is 12.0 Å². The molecule has 0 saturated carbocycles. The Kier molecular flexibility index (Phi) is 4.74. The highest BCUT2D eigenvalue weighted by molar-refractivity contribution is 6.32. The van der Waals surface area contributed by atoms with Gasteiger partial charge >= 0.3 is 0 Å². The minimum Gasteiger partial charge on any atom is -0.350 e. The molecule has 1 amide bonds. The third kappa shape index (κ3) is 3.42. The molecule has 3 heterocycles. The molecule has 132 valence electrons. The normalized spacial score (nSPS) is 19.5. The van der Waals surface area contributed by atoms with Crippen LogP contribution < -0.4 is 0 Å². The number of carbonyl (C=O) groups is 1. The van der Waals surface area contributed by atoms with E-state index >= 15 is 0 Å². The summed E-state index contributed by atoms with van der Waals surface area (Å²) in [6.45, 7) is 2.74. The Morgan fingerprint density at radius 2 is 1.84 bits per heavy atom. The van der Waals surface area contributed by atoms with Crippen LogP contribution in [0.4, 0.5) is 0 Å². The maximum atomic E-state index is 12.7. The van der Waals surface area contributed by atoms with E-state index in [0.717, 1.165) is 18.5 Å². The van der Waals surface area contributed by atoms with Gasteiger partial charge in [-0.3, -0.25) is 4.79 Å². The summed E-state index contributed by atoms with van der Waals surface area (Å²) in [5.41, 5.74) is 1.20. The van der Waals surface area contributed by atoms with Crippen LogP contribution >= 0.6 is 11.6 Å². The Balaban J connectivity index is 1.41. The van der Waals surface area contributed by atoms with Gasteiger partial charge in [-0.15, -0.1) is 0 Å². The zero-order valence-corrected chi connectivity index (χ0v) is 14.6. The van der Waals surface area contributed by atoms with E-state index in [1.165, 1.54) is 0 Å². The summed E-state index contributed by atoms with van der Waals surface area (Å²) in [4.78, 5) is 14.6. The van der Waals surface area contributed by atoms with Crippen LogP contribution in [0.3, 0.4) is 0 Å². The van der Waals surface area contributed by atoms with Crippen molar-refractivity contribution in [3.63, 3.8) is 0 Å². The van der Waals surface area contributed by atoms with Crippen LogP contribution in [-0.4, -0.2) is 53.2 Å². The van der Waals surface area contributed by atoms with Gasteiger partial charge in [-0.2, -0.15) is 5.10 Å². The molecule has 0 spiro atoms. The van der Waals surface area contributed by atoms with Crippen LogP contribution in [0.1, 0.15) is 23.3 Å². The molecule has 2 aliphatic rings. The number of hydrogen-bond donors (Lipinski definition) is 0. The molecule has 2 saturated heterocycles. The van der Waals surface area contributed by atoms with Gasteiger partial charge in [0, 0.05) is 25.2 Å². The molecule has 0 unspecified atom stereocenters. The van der Waals surface area contributed by atoms with E-state index in [2.05, 4.69) is 5.10 Å². The summed E-state index contributed by atoms with van der Waals surface area (Å²) < 4.78 is 12.8. The summed E-state index contributed by atoms with van der Waals surface area (Å²) in [7, 11) is 0. The van der Waals surface area contributed by atoms with Crippen LogP contribution in [0.2, 0.25) is 5.02 Å². The fourth-order valence-corrected chi connectivity index (χ4v) is 3.62. The van der Waals surface area contributed by atoms with E-state index in [0.29, 0.717) is 42.9 Å². The fraction of sp³-hybridized carbons (Fsp3) is 0.444. The average Bonchev–Trinajstić information content (AvgIpc) is 3.34. The first-order valence-corrected chi connectivity index (χ1v) is 8.93. The second-order valence-corrected chi connectivity index (χ2v) is 6.74. The summed E-state index contributed by atoms with van der Waals surface area (Å²) in [5.74, 6) is 0.324. The third-order valence-corrected chi connectivity index (χ3v) is 5.09. The molecule has 0 bridgehead atoms. The number of likely N-dealkylation sites (tertiary alicyclic amines) is 1. The molecule has 0 aliphatic carbocycles. The first-order chi connectivity index (χ1) is 12.2. The topological polar surface area (TPSA) is 56.6 Å². The Labute approximate surface area is 151 Å². The molecule has 1 aromatic heterocycles. The van der Waals surface area contributed by atoms with E-state index in [9.17, 15) is 4.79 Å². The van der Waals surface area contributed by atoms with Gasteiger partial charge in [0.05, 0.1) is 23.9 Å². The van der Waals surface area contributed by atoms with Gasteiger partial charge < -0.3 is 14.4 Å². The third-order valence-electron chi connectivity index (χ3n) is 4.77. The Hall–Kier alpha value is -1.89. The number of rotatable bonds is 3. The minimum atomic E-state index is -0.100. The number of nitrogens with zero attached hydrogens (tertiary/aromatic N) is 3. The van der Waals surface area contributed by atoms with Crippen molar-refractivity contribution in [1.29, 1.82) is 0 Å². The monoisotopic (exact) mass is 361 g/mol. The molecule has 0 radical (unpaired) electrons. The first-order valence-electron chi connectivity index (χ1n) is 8.55. The maximum absolute atomic E-state index is 12.7. The van der Waals surface area contributed by atoms with E-state index in [1.807, 2.05) is 23.1 Å². The molecule has 4 rings (SSSR count). The van der Waals surface area contributed by atoms with Crippen LogP contribution in [-0.2, 0) is 9.47 Å². The number of para-hydroxylation sites is 1. The second kappa shape index (κ2) is 7.15. The van der Waals surface area contributed by atoms with E-state index in [-0.39, 0.29) is 12.2 Å². The van der Waals surface area contributed by atoms with Crippen molar-refractivity contribution in [2.45, 2.75) is 19.1 Å². The lowest BCUT2D eigenvalue weighted by Gasteiger charge is -2.33. The zero-order chi connectivity index (χ0) is 17.2. The molecule has 2 fully saturated rings. The number of piperidine rings is 1. The van der Waals surface area contributed by atoms with E-state index < -0.39 is 0 Å². The molecule has 1 aromatic carbocycles. The Bertz CT molecular complexity index is 750. The van der Waals surface area contributed by atoms with Crippen LogP contribution in [0.15, 0.2) is 36.5 Å². The van der Waals surface area contributed by atoms with E-state index in [4.69, 9.17) is 21.1 Å². The first kappa shape index (κ1) is 16.6. The van der Waals surface area contributed by atoms with Crippen molar-refractivity contribution in [2.24, 2.45) is 5.92 Å². The lowest BCUT2D eigenvalue weighted by molar-refractivity contribution is -0.0956. The summed E-state index contributed by atoms with van der Waals surface area (Å²) >= 11 is 6.19. The number of aromatic nitrogens is 2. The molecular formula is C18H20ClN3O3. The molecule has 0 N–H and O–H groups in total. The lowest BCUT2D eigenvalue weighted by atomic mass is 9.96. The summed E-state index contributed by atoms with van der Waals surface area (Å²) in [6.07, 6.45) is 3.45. The number of halogens is 1. The van der Waals surface area contributed by atoms with Gasteiger partial charge in [-0.25, -0.2) is 4.68 Å². The number of amides is 1. The number of benzene rings is 1. The fourth-order valence-electron chi connectivity index (χ4n) is 3.40. The van der Waals surface area contributed by atoms with Gasteiger partial charge in [0.1, 0.15) is 0 Å². The van der Waals surface area contributed by atoms with Crippen molar-refractivity contribution in [3.05, 3.63) is 47.2 Å². The average molecular weight is 362 g/mol. The maximum Gasteiger partial charge on any atom is 0.274 e. The quantitative estimate of drug-likeness (QED) is 0.843. The molecule has 2 aliphatic heterocycles. The SMILES string of the molecule is O=C(c1ccn(-c2ccccc2Cl)n1)N1CCC(C2OCCO2)CC1. The van der Waals surface area contributed by atoms with Crippen molar-refractivity contribution >= 4 is 17.5 Å². The predicted octanol–water partition coefficient (Wildman–Crippen LogP) is 2.75. The zero-order valence-electron chi connectivity index (χ0n) is 13.8. The Morgan fingerprint density at radius 3 is 2.56 bits per heavy atom. The van der Waals surface area contributed by atoms with Gasteiger partial charge in [-0.05, 0) is 31.0 Å². The van der Waals surface area contributed by atoms with Crippen molar-refractivity contribution in [2.75, 3.05) is 26.3 Å². The molecule has 7 heteroatoms. The standard InChI is InChI=1S/C18H20ClN3O3/c19-14-3-1-2-4-16(14)22-10-7-15(20-22)17(23)21-8-5-13(6-9-21)18-24-11-12-25-18/h1-4,7,10,13,18H,5-6,8-9,11-12H2. The van der Waals surface area contributed by atoms with Gasteiger partial charge in [0.25, 0.3) is 5.91 Å². The number of carbonyl (C=O) groups excluding carboxylic acids is 1. The molecule has 2 aromatic rings. The Morgan fingerprint density at radius 1 is 1.12 bits per heavy atom. The van der Waals surface area contributed by atoms with Crippen molar-refractivity contribution < 1.29 is 14.3 Å². The number of hydrogen-bond acceptors (Lipinski definition) is 4. The predicted molar refractivity (Wildman–Crippen MR) is 92.9 cm³/mol. The highest BCUT2D eigenvalue weighted by Gasteiger charge is 2.32. The summed E-state index contributed by atoms with van der Waals surface area (Å²) in [5, 5.41) is 5.00. The largest absolute Gasteiger partial charge is 0.350 e. The highest BCUT2D eigenvalue weighted by Crippen LogP contribution is 2.26. The molecule has 6 nitrogen and oxygen atoms in total. The second-order valence-electron chi connectivity index (χ2n) is 6.34. The van der Waals surface area contributed by atoms with Crippen LogP contribution in [0.5, 0.6) is 0 Å². The molecule has 25 heavy (non-hydrogen) atoms. The summed E-state index contributed by atoms with van der Waals surface area (Å²) in [6, 6.07) is 9.17. The molecular weight excluding hydrogens is 342 g/mol. The van der Waals surface area contributed by atoms with Crippen molar-refractivity contribution in [3.8, 4) is 5.69 Å². The minimum absolute atomic E-state index is 0.0440. The number of ether oxygens (including phenoxy) is 2. The van der Waals surface area contributed by atoms with Gasteiger partial charge in [0.2, 0.25) is 0 Å². The van der Waals surface area contributed by atoms with Crippen molar-refractivity contribution in [1.82, 2.24) is 14.7 Å². The highest BCUT2D eigenvalue weighted by atomic mass is 35.5. The smallest absolute Gasteiger partial charge is 0.274 e. The van der Waals surface area contributed by atoms with E-state index in [1.54, 1.807) is 23.0 Å². The molecule has 0 atom stereocenters. The van der Waals surface area contributed by atoms with Crippen LogP contribution in [0.25, 0.3) is 5.69 Å². The lowest BCUT2D eigenvalue weighted by Crippen LogP contribution is -2.41. The van der Waals surface area contributed by atoms with Crippen LogP contribution in [0, 0.1) is 5.92 Å². The van der Waals surface area contributed by atoms with Gasteiger partial charge in [-0.1, -0.05) is 23.7 Å².